The number of carbonyl (C=O) groups is 2. The number of benzene rings is 3. The summed E-state index contributed by atoms with van der Waals surface area (Å²) in [6.45, 7) is 4.75. The zero-order chi connectivity index (χ0) is 27.5. The Hall–Kier alpha value is -3.65. The average molecular weight is 536 g/mol. The van der Waals surface area contributed by atoms with E-state index in [2.05, 4.69) is 5.32 Å². The number of anilines is 1. The lowest BCUT2D eigenvalue weighted by atomic mass is 10.0. The van der Waals surface area contributed by atoms with Crippen LogP contribution >= 0.6 is 0 Å². The predicted molar refractivity (Wildman–Crippen MR) is 152 cm³/mol. The summed E-state index contributed by atoms with van der Waals surface area (Å²) in [4.78, 5) is 28.6. The lowest BCUT2D eigenvalue weighted by molar-refractivity contribution is -0.141. The van der Waals surface area contributed by atoms with Crippen molar-refractivity contribution >= 4 is 27.5 Å². The molecule has 38 heavy (non-hydrogen) atoms. The molecule has 3 rings (SSSR count). The van der Waals surface area contributed by atoms with Gasteiger partial charge in [-0.3, -0.25) is 13.9 Å². The Labute approximate surface area is 226 Å². The topological polar surface area (TPSA) is 86.8 Å². The highest BCUT2D eigenvalue weighted by Gasteiger charge is 2.30. The molecule has 202 valence electrons. The van der Waals surface area contributed by atoms with E-state index in [1.807, 2.05) is 74.5 Å². The number of carbonyl (C=O) groups excluding carboxylic acids is 2. The van der Waals surface area contributed by atoms with Gasteiger partial charge in [-0.15, -0.1) is 0 Å². The SMILES string of the molecule is CCNC(=O)C(Cc1ccccc1)N(Cc1cccc(C)c1)C(=O)CCCN(c1ccccc1)S(C)(=O)=O. The summed E-state index contributed by atoms with van der Waals surface area (Å²) in [6, 6.07) is 25.7. The molecule has 2 amide bonds. The van der Waals surface area contributed by atoms with Crippen molar-refractivity contribution < 1.29 is 18.0 Å². The van der Waals surface area contributed by atoms with Crippen LogP contribution in [0.3, 0.4) is 0 Å². The van der Waals surface area contributed by atoms with E-state index in [4.69, 9.17) is 0 Å². The van der Waals surface area contributed by atoms with Crippen molar-refractivity contribution in [3.63, 3.8) is 0 Å². The molecular formula is C30H37N3O4S. The van der Waals surface area contributed by atoms with Crippen molar-refractivity contribution in [3.8, 4) is 0 Å². The molecule has 0 aliphatic rings. The van der Waals surface area contributed by atoms with E-state index in [0.29, 0.717) is 25.1 Å². The maximum atomic E-state index is 13.7. The van der Waals surface area contributed by atoms with Crippen molar-refractivity contribution in [2.45, 2.75) is 45.7 Å². The summed E-state index contributed by atoms with van der Waals surface area (Å²) in [5.41, 5.74) is 3.52. The van der Waals surface area contributed by atoms with Gasteiger partial charge >= 0.3 is 0 Å². The number of hydrogen-bond donors (Lipinski definition) is 1. The molecule has 1 N–H and O–H groups in total. The highest BCUT2D eigenvalue weighted by atomic mass is 32.2. The molecule has 8 heteroatoms. The molecule has 3 aromatic carbocycles. The van der Waals surface area contributed by atoms with Crippen LogP contribution in [0.15, 0.2) is 84.9 Å². The van der Waals surface area contributed by atoms with Crippen LogP contribution in [0.5, 0.6) is 0 Å². The molecule has 0 radical (unpaired) electrons. The van der Waals surface area contributed by atoms with Gasteiger partial charge in [-0.05, 0) is 43.5 Å². The highest BCUT2D eigenvalue weighted by Crippen LogP contribution is 2.20. The van der Waals surface area contributed by atoms with Gasteiger partial charge in [0.15, 0.2) is 0 Å². The van der Waals surface area contributed by atoms with Gasteiger partial charge in [0.05, 0.1) is 11.9 Å². The average Bonchev–Trinajstić information content (AvgIpc) is 2.89. The number of amides is 2. The molecule has 0 heterocycles. The van der Waals surface area contributed by atoms with Gasteiger partial charge in [-0.25, -0.2) is 8.42 Å². The Bertz CT molecular complexity index is 1300. The van der Waals surface area contributed by atoms with E-state index in [9.17, 15) is 18.0 Å². The first-order valence-corrected chi connectivity index (χ1v) is 14.7. The summed E-state index contributed by atoms with van der Waals surface area (Å²) in [6.07, 6.45) is 1.97. The van der Waals surface area contributed by atoms with E-state index >= 15 is 0 Å². The van der Waals surface area contributed by atoms with Crippen molar-refractivity contribution in [3.05, 3.63) is 102 Å². The van der Waals surface area contributed by atoms with Crippen molar-refractivity contribution in [1.82, 2.24) is 10.2 Å². The number of aryl methyl sites for hydroxylation is 1. The van der Waals surface area contributed by atoms with Crippen molar-refractivity contribution in [2.24, 2.45) is 0 Å². The summed E-state index contributed by atoms with van der Waals surface area (Å²) in [5.74, 6) is -0.403. The van der Waals surface area contributed by atoms with Gasteiger partial charge in [-0.2, -0.15) is 0 Å². The molecule has 1 unspecified atom stereocenters. The van der Waals surface area contributed by atoms with E-state index in [1.54, 1.807) is 29.2 Å². The molecule has 0 spiro atoms. The van der Waals surface area contributed by atoms with E-state index < -0.39 is 16.1 Å². The first-order valence-electron chi connectivity index (χ1n) is 12.9. The molecule has 3 aromatic rings. The van der Waals surface area contributed by atoms with Crippen molar-refractivity contribution in [2.75, 3.05) is 23.7 Å². The standard InChI is InChI=1S/C30H37N3O4S/c1-4-31-30(35)28(22-25-14-7-5-8-15-25)32(23-26-16-11-13-24(2)21-26)29(34)19-12-20-33(38(3,36)37)27-17-9-6-10-18-27/h5-11,13-18,21,28H,4,12,19-20,22-23H2,1-3H3,(H,31,35). The first kappa shape index (κ1) is 28.9. The predicted octanol–water partition coefficient (Wildman–Crippen LogP) is 4.32. The summed E-state index contributed by atoms with van der Waals surface area (Å²) >= 11 is 0. The summed E-state index contributed by atoms with van der Waals surface area (Å²) < 4.78 is 26.2. The number of nitrogens with one attached hydrogen (secondary N) is 1. The first-order chi connectivity index (χ1) is 18.2. The molecule has 0 saturated heterocycles. The van der Waals surface area contributed by atoms with Gasteiger partial charge in [0, 0.05) is 32.5 Å². The zero-order valence-electron chi connectivity index (χ0n) is 22.3. The summed E-state index contributed by atoms with van der Waals surface area (Å²) in [5, 5.41) is 2.89. The number of likely N-dealkylation sites (N-methyl/N-ethyl adjacent to an activating group) is 1. The highest BCUT2D eigenvalue weighted by molar-refractivity contribution is 7.92. The third-order valence-corrected chi connectivity index (χ3v) is 7.45. The van der Waals surface area contributed by atoms with Crippen LogP contribution in [0.4, 0.5) is 5.69 Å². The fourth-order valence-electron chi connectivity index (χ4n) is 4.45. The maximum absolute atomic E-state index is 13.7. The molecule has 1 atom stereocenters. The lowest BCUT2D eigenvalue weighted by Crippen LogP contribution is -2.50. The fourth-order valence-corrected chi connectivity index (χ4v) is 5.42. The third-order valence-electron chi connectivity index (χ3n) is 6.25. The molecule has 0 fully saturated rings. The number of nitrogens with zero attached hydrogens (tertiary/aromatic N) is 2. The number of para-hydroxylation sites is 1. The van der Waals surface area contributed by atoms with Crippen LogP contribution in [-0.4, -0.2) is 50.5 Å². The minimum absolute atomic E-state index is 0.107. The quantitative estimate of drug-likeness (QED) is 0.353. The van der Waals surface area contributed by atoms with Crippen molar-refractivity contribution in [1.29, 1.82) is 0 Å². The Kier molecular flexibility index (Phi) is 10.5. The van der Waals surface area contributed by atoms with Crippen LogP contribution in [0.2, 0.25) is 0 Å². The smallest absolute Gasteiger partial charge is 0.243 e. The van der Waals surface area contributed by atoms with E-state index in [1.165, 1.54) is 4.31 Å². The largest absolute Gasteiger partial charge is 0.355 e. The second kappa shape index (κ2) is 13.8. The zero-order valence-corrected chi connectivity index (χ0v) is 23.2. The minimum atomic E-state index is -3.52. The lowest BCUT2D eigenvalue weighted by Gasteiger charge is -2.32. The fraction of sp³-hybridized carbons (Fsp3) is 0.333. The molecule has 0 aliphatic carbocycles. The Balaban J connectivity index is 1.85. The monoisotopic (exact) mass is 535 g/mol. The summed E-state index contributed by atoms with van der Waals surface area (Å²) in [7, 11) is -3.52. The van der Waals surface area contributed by atoms with Gasteiger partial charge in [0.25, 0.3) is 0 Å². The van der Waals surface area contributed by atoms with Crippen LogP contribution in [0.1, 0.15) is 36.5 Å². The molecule has 0 saturated carbocycles. The van der Waals surface area contributed by atoms with Crippen LogP contribution < -0.4 is 9.62 Å². The minimum Gasteiger partial charge on any atom is -0.355 e. The van der Waals surface area contributed by atoms with Gasteiger partial charge in [-0.1, -0.05) is 78.4 Å². The van der Waals surface area contributed by atoms with E-state index in [0.717, 1.165) is 22.9 Å². The van der Waals surface area contributed by atoms with E-state index in [-0.39, 0.29) is 31.3 Å². The number of rotatable bonds is 13. The van der Waals surface area contributed by atoms with Gasteiger partial charge in [0.2, 0.25) is 21.8 Å². The number of sulfonamides is 1. The molecular weight excluding hydrogens is 498 g/mol. The second-order valence-electron chi connectivity index (χ2n) is 9.39. The normalized spacial score (nSPS) is 12.0. The third kappa shape index (κ3) is 8.45. The second-order valence-corrected chi connectivity index (χ2v) is 11.3. The maximum Gasteiger partial charge on any atom is 0.243 e. The van der Waals surface area contributed by atoms with Gasteiger partial charge in [0.1, 0.15) is 6.04 Å². The number of hydrogen-bond acceptors (Lipinski definition) is 4. The Morgan fingerprint density at radius 2 is 1.53 bits per heavy atom. The molecule has 0 aromatic heterocycles. The van der Waals surface area contributed by atoms with Crippen LogP contribution in [0.25, 0.3) is 0 Å². The Morgan fingerprint density at radius 1 is 0.895 bits per heavy atom. The molecule has 7 nitrogen and oxygen atoms in total. The molecule has 0 bridgehead atoms. The Morgan fingerprint density at radius 3 is 2.13 bits per heavy atom. The molecule has 0 aliphatic heterocycles. The van der Waals surface area contributed by atoms with Gasteiger partial charge < -0.3 is 10.2 Å². The van der Waals surface area contributed by atoms with Crippen LogP contribution in [0, 0.1) is 6.92 Å². The van der Waals surface area contributed by atoms with Crippen LogP contribution in [-0.2, 0) is 32.6 Å².